The second-order valence-corrected chi connectivity index (χ2v) is 8.46. The largest absolute Gasteiger partial charge is 0.329 e. The summed E-state index contributed by atoms with van der Waals surface area (Å²) in [7, 11) is 0. The summed E-state index contributed by atoms with van der Waals surface area (Å²) >= 11 is 7.29. The Morgan fingerprint density at radius 2 is 1.28 bits per heavy atom. The Balaban J connectivity index is 0.00000576. The third-order valence-corrected chi connectivity index (χ3v) is 5.89. The summed E-state index contributed by atoms with van der Waals surface area (Å²) in [5.41, 5.74) is 14.2. The lowest BCUT2D eigenvalue weighted by Crippen LogP contribution is -2.21. The fourth-order valence-corrected chi connectivity index (χ4v) is 4.94. The molecule has 0 bridgehead atoms. The number of rotatable bonds is 13. The molecule has 0 radical (unpaired) electrons. The maximum Gasteiger partial charge on any atom is 0.0442 e. The zero-order valence-corrected chi connectivity index (χ0v) is 19.5. The normalized spacial score (nSPS) is 12.0. The first-order valence-corrected chi connectivity index (χ1v) is 11.1. The van der Waals surface area contributed by atoms with Crippen LogP contribution < -0.4 is 11.5 Å². The minimum absolute atomic E-state index is 0. The van der Waals surface area contributed by atoms with Crippen molar-refractivity contribution in [1.82, 2.24) is 0 Å². The Bertz CT molecular complexity index is 446. The smallest absolute Gasteiger partial charge is 0.0442 e. The molecule has 5 heteroatoms. The van der Waals surface area contributed by atoms with E-state index in [1.165, 1.54) is 69.8 Å². The molecule has 0 saturated heterocycles. The molecule has 0 fully saturated rings. The second-order valence-electron chi connectivity index (χ2n) is 6.75. The number of aryl methyl sites for hydroxylation is 1. The molecule has 0 saturated carbocycles. The van der Waals surface area contributed by atoms with Gasteiger partial charge in [0.1, 0.15) is 0 Å². The van der Waals surface area contributed by atoms with Gasteiger partial charge in [-0.2, -0.15) is 0 Å². The number of nitrogens with two attached hydrogens (primary N) is 2. The Kier molecular flexibility index (Phi) is 15.7. The number of halogens is 3. The Labute approximate surface area is 177 Å². The van der Waals surface area contributed by atoms with Crippen LogP contribution in [0.15, 0.2) is 21.1 Å². The number of hydrogen-bond donors (Lipinski definition) is 2. The van der Waals surface area contributed by atoms with Gasteiger partial charge in [-0.25, -0.2) is 0 Å². The topological polar surface area (TPSA) is 52.0 Å². The summed E-state index contributed by atoms with van der Waals surface area (Å²) in [6, 6.07) is 4.27. The molecule has 0 amide bonds. The third kappa shape index (κ3) is 10.3. The van der Waals surface area contributed by atoms with Crippen LogP contribution in [0.5, 0.6) is 0 Å². The van der Waals surface area contributed by atoms with Crippen LogP contribution in [0, 0.1) is 0 Å². The van der Waals surface area contributed by atoms with E-state index in [4.69, 9.17) is 11.5 Å². The highest BCUT2D eigenvalue weighted by molar-refractivity contribution is 9.11. The van der Waals surface area contributed by atoms with E-state index in [2.05, 4.69) is 50.9 Å². The summed E-state index contributed by atoms with van der Waals surface area (Å²) in [6.45, 7) is 2.73. The Hall–Kier alpha value is 0.390. The van der Waals surface area contributed by atoms with E-state index in [9.17, 15) is 0 Å². The van der Waals surface area contributed by atoms with E-state index < -0.39 is 0 Å². The fourth-order valence-electron chi connectivity index (χ4n) is 3.07. The maximum absolute atomic E-state index is 6.07. The van der Waals surface area contributed by atoms with Gasteiger partial charge >= 0.3 is 0 Å². The molecule has 2 nitrogen and oxygen atoms in total. The Morgan fingerprint density at radius 1 is 0.840 bits per heavy atom. The molecular formula is C20H35Br2ClN2. The molecule has 0 aliphatic carbocycles. The van der Waals surface area contributed by atoms with Crippen molar-refractivity contribution in [1.29, 1.82) is 0 Å². The molecule has 0 aromatic heterocycles. The molecule has 146 valence electrons. The molecule has 4 N–H and O–H groups in total. The summed E-state index contributed by atoms with van der Waals surface area (Å²) in [5.74, 6) is 0. The SMILES string of the molecule is CCCCCCCCCCCCc1cc(Br)c(C(N)CN)c(Br)c1.Cl. The summed E-state index contributed by atoms with van der Waals surface area (Å²) in [5, 5.41) is 0. The van der Waals surface area contributed by atoms with Crippen LogP contribution in [0.4, 0.5) is 0 Å². The zero-order valence-electron chi connectivity index (χ0n) is 15.5. The lowest BCUT2D eigenvalue weighted by Gasteiger charge is -2.15. The van der Waals surface area contributed by atoms with E-state index in [-0.39, 0.29) is 18.4 Å². The molecule has 0 aliphatic heterocycles. The molecule has 1 rings (SSSR count). The predicted molar refractivity (Wildman–Crippen MR) is 121 cm³/mol. The number of hydrogen-bond acceptors (Lipinski definition) is 2. The minimum Gasteiger partial charge on any atom is -0.329 e. The van der Waals surface area contributed by atoms with Crippen LogP contribution in [0.1, 0.15) is 88.3 Å². The summed E-state index contributed by atoms with van der Waals surface area (Å²) in [6.07, 6.45) is 14.9. The summed E-state index contributed by atoms with van der Waals surface area (Å²) < 4.78 is 2.13. The molecule has 1 aromatic carbocycles. The van der Waals surface area contributed by atoms with Gasteiger partial charge in [0, 0.05) is 21.5 Å². The molecular weight excluding hydrogens is 463 g/mol. The van der Waals surface area contributed by atoms with Crippen molar-refractivity contribution >= 4 is 44.3 Å². The van der Waals surface area contributed by atoms with E-state index in [1.54, 1.807) is 0 Å². The van der Waals surface area contributed by atoms with E-state index in [1.807, 2.05) is 0 Å². The first-order chi connectivity index (χ1) is 11.6. The third-order valence-electron chi connectivity index (χ3n) is 4.58. The van der Waals surface area contributed by atoms with Crippen LogP contribution in [0.25, 0.3) is 0 Å². The van der Waals surface area contributed by atoms with Crippen molar-refractivity contribution in [3.05, 3.63) is 32.2 Å². The van der Waals surface area contributed by atoms with Gasteiger partial charge in [-0.3, -0.25) is 0 Å². The second kappa shape index (κ2) is 15.4. The summed E-state index contributed by atoms with van der Waals surface area (Å²) in [4.78, 5) is 0. The minimum atomic E-state index is -0.125. The van der Waals surface area contributed by atoms with Gasteiger partial charge in [-0.05, 0) is 36.1 Å². The van der Waals surface area contributed by atoms with Crippen molar-refractivity contribution < 1.29 is 0 Å². The average molecular weight is 499 g/mol. The van der Waals surface area contributed by atoms with Gasteiger partial charge in [0.2, 0.25) is 0 Å². The van der Waals surface area contributed by atoms with Crippen molar-refractivity contribution in [2.75, 3.05) is 6.54 Å². The molecule has 1 unspecified atom stereocenters. The molecule has 0 spiro atoms. The highest BCUT2D eigenvalue weighted by Gasteiger charge is 2.13. The first kappa shape index (κ1) is 25.4. The van der Waals surface area contributed by atoms with Gasteiger partial charge in [-0.15, -0.1) is 12.4 Å². The highest BCUT2D eigenvalue weighted by Crippen LogP contribution is 2.31. The molecule has 0 aliphatic rings. The predicted octanol–water partition coefficient (Wildman–Crippen LogP) is 7.06. The monoisotopic (exact) mass is 496 g/mol. The van der Waals surface area contributed by atoms with E-state index >= 15 is 0 Å². The van der Waals surface area contributed by atoms with Crippen LogP contribution in [0.2, 0.25) is 0 Å². The van der Waals surface area contributed by atoms with Crippen LogP contribution in [-0.2, 0) is 6.42 Å². The zero-order chi connectivity index (χ0) is 17.8. The van der Waals surface area contributed by atoms with Gasteiger partial charge in [0.15, 0.2) is 0 Å². The number of unbranched alkanes of at least 4 members (excludes halogenated alkanes) is 9. The lowest BCUT2D eigenvalue weighted by molar-refractivity contribution is 0.556. The van der Waals surface area contributed by atoms with Crippen molar-refractivity contribution in [2.45, 2.75) is 83.6 Å². The highest BCUT2D eigenvalue weighted by atomic mass is 79.9. The van der Waals surface area contributed by atoms with Gasteiger partial charge < -0.3 is 11.5 Å². The van der Waals surface area contributed by atoms with Gasteiger partial charge in [-0.1, -0.05) is 96.6 Å². The molecule has 0 heterocycles. The van der Waals surface area contributed by atoms with Crippen LogP contribution in [0.3, 0.4) is 0 Å². The quantitative estimate of drug-likeness (QED) is 0.286. The van der Waals surface area contributed by atoms with Crippen molar-refractivity contribution in [3.8, 4) is 0 Å². The fraction of sp³-hybridized carbons (Fsp3) is 0.700. The van der Waals surface area contributed by atoms with E-state index in [0.29, 0.717) is 6.54 Å². The molecule has 25 heavy (non-hydrogen) atoms. The van der Waals surface area contributed by atoms with E-state index in [0.717, 1.165) is 20.9 Å². The lowest BCUT2D eigenvalue weighted by atomic mass is 10.0. The van der Waals surface area contributed by atoms with Crippen LogP contribution >= 0.6 is 44.3 Å². The van der Waals surface area contributed by atoms with Gasteiger partial charge in [0.25, 0.3) is 0 Å². The van der Waals surface area contributed by atoms with Crippen molar-refractivity contribution in [3.63, 3.8) is 0 Å². The average Bonchev–Trinajstić information content (AvgIpc) is 2.55. The van der Waals surface area contributed by atoms with Crippen molar-refractivity contribution in [2.24, 2.45) is 11.5 Å². The molecule has 1 atom stereocenters. The van der Waals surface area contributed by atoms with Crippen LogP contribution in [-0.4, -0.2) is 6.54 Å². The maximum atomic E-state index is 6.07. The molecule has 1 aromatic rings. The standard InChI is InChI=1S/C20H34Br2N2.ClH/c1-2-3-4-5-6-7-8-9-10-11-12-16-13-17(21)20(18(22)14-16)19(24)15-23;/h13-14,19H,2-12,15,23-24H2,1H3;1H. The number of benzene rings is 1. The Morgan fingerprint density at radius 3 is 1.72 bits per heavy atom. The van der Waals surface area contributed by atoms with Gasteiger partial charge in [0.05, 0.1) is 0 Å². The first-order valence-electron chi connectivity index (χ1n) is 9.53.